The fourth-order valence-corrected chi connectivity index (χ4v) is 2.57. The SMILES string of the molecule is CCCCCCCCCCC(CN=[N+]=[N-])(CN=[N+]=[N-])CN=[N+]=[N-]. The van der Waals surface area contributed by atoms with Crippen LogP contribution >= 0.6 is 0 Å². The van der Waals surface area contributed by atoms with E-state index >= 15 is 0 Å². The van der Waals surface area contributed by atoms with E-state index in [-0.39, 0.29) is 19.6 Å². The fraction of sp³-hybridized carbons (Fsp3) is 1.00. The van der Waals surface area contributed by atoms with E-state index in [4.69, 9.17) is 16.6 Å². The van der Waals surface area contributed by atoms with Crippen molar-refractivity contribution in [3.05, 3.63) is 31.3 Å². The summed E-state index contributed by atoms with van der Waals surface area (Å²) in [6.07, 6.45) is 10.3. The molecule has 0 aromatic carbocycles. The van der Waals surface area contributed by atoms with E-state index < -0.39 is 5.41 Å². The summed E-state index contributed by atoms with van der Waals surface area (Å²) in [5.41, 5.74) is 25.1. The topological polar surface area (TPSA) is 146 Å². The number of azide groups is 3. The molecule has 9 heteroatoms. The molecule has 0 unspecified atom stereocenters. The Kier molecular flexibility index (Phi) is 13.5. The van der Waals surface area contributed by atoms with Crippen LogP contribution in [0.2, 0.25) is 0 Å². The Bertz CT molecular complexity index is 393. The molecule has 0 aliphatic rings. The van der Waals surface area contributed by atoms with Crippen LogP contribution in [0.3, 0.4) is 0 Å². The molecule has 0 aliphatic heterocycles. The molecule has 0 spiro atoms. The van der Waals surface area contributed by atoms with Gasteiger partial charge in [0.2, 0.25) is 0 Å². The van der Waals surface area contributed by atoms with Gasteiger partial charge in [0.1, 0.15) is 0 Å². The number of rotatable bonds is 15. The zero-order valence-electron chi connectivity index (χ0n) is 14.0. The minimum Gasteiger partial charge on any atom is -0.0934 e. The molecule has 0 fully saturated rings. The highest BCUT2D eigenvalue weighted by atomic mass is 15.2. The Labute approximate surface area is 137 Å². The predicted molar refractivity (Wildman–Crippen MR) is 91.7 cm³/mol. The summed E-state index contributed by atoms with van der Waals surface area (Å²) in [4.78, 5) is 8.33. The van der Waals surface area contributed by atoms with Crippen LogP contribution in [-0.4, -0.2) is 19.6 Å². The van der Waals surface area contributed by atoms with Crippen LogP contribution in [-0.2, 0) is 0 Å². The van der Waals surface area contributed by atoms with Gasteiger partial charge in [-0.3, -0.25) is 0 Å². The third-order valence-electron chi connectivity index (χ3n) is 3.97. The monoisotopic (exact) mass is 321 g/mol. The first kappa shape index (κ1) is 20.9. The first-order valence-corrected chi connectivity index (χ1v) is 8.27. The third-order valence-corrected chi connectivity index (χ3v) is 3.97. The summed E-state index contributed by atoms with van der Waals surface area (Å²) in [5.74, 6) is 0. The smallest absolute Gasteiger partial charge is 0.0317 e. The van der Waals surface area contributed by atoms with E-state index in [0.29, 0.717) is 0 Å². The molecule has 0 aromatic rings. The quantitative estimate of drug-likeness (QED) is 0.141. The third kappa shape index (κ3) is 11.2. The first-order valence-electron chi connectivity index (χ1n) is 8.27. The molecule has 0 saturated carbocycles. The van der Waals surface area contributed by atoms with Crippen LogP contribution in [0.1, 0.15) is 64.7 Å². The van der Waals surface area contributed by atoms with Crippen molar-refractivity contribution in [2.45, 2.75) is 64.7 Å². The van der Waals surface area contributed by atoms with Gasteiger partial charge in [0.25, 0.3) is 0 Å². The lowest BCUT2D eigenvalue weighted by molar-refractivity contribution is 0.282. The van der Waals surface area contributed by atoms with Crippen LogP contribution in [0.25, 0.3) is 31.3 Å². The van der Waals surface area contributed by atoms with Gasteiger partial charge in [0.05, 0.1) is 0 Å². The molecule has 0 atom stereocenters. The Morgan fingerprint density at radius 2 is 1.04 bits per heavy atom. The molecule has 0 aromatic heterocycles. The summed E-state index contributed by atoms with van der Waals surface area (Å²) < 4.78 is 0. The molecule has 0 saturated heterocycles. The van der Waals surface area contributed by atoms with Gasteiger partial charge in [-0.1, -0.05) is 73.6 Å². The lowest BCUT2D eigenvalue weighted by Crippen LogP contribution is -2.31. The van der Waals surface area contributed by atoms with E-state index in [0.717, 1.165) is 19.3 Å². The van der Waals surface area contributed by atoms with Crippen LogP contribution in [0.5, 0.6) is 0 Å². The maximum atomic E-state index is 8.54. The molecule has 0 bridgehead atoms. The van der Waals surface area contributed by atoms with Crippen molar-refractivity contribution in [1.82, 2.24) is 0 Å². The number of nitrogens with zero attached hydrogens (tertiary/aromatic N) is 9. The number of hydrogen-bond acceptors (Lipinski definition) is 3. The van der Waals surface area contributed by atoms with E-state index in [1.807, 2.05) is 0 Å². The highest BCUT2D eigenvalue weighted by Gasteiger charge is 2.27. The molecule has 9 nitrogen and oxygen atoms in total. The van der Waals surface area contributed by atoms with E-state index in [9.17, 15) is 0 Å². The molecule has 128 valence electrons. The molecule has 23 heavy (non-hydrogen) atoms. The number of unbranched alkanes of at least 4 members (excludes halogenated alkanes) is 7. The molecule has 0 aliphatic carbocycles. The fourth-order valence-electron chi connectivity index (χ4n) is 2.57. The van der Waals surface area contributed by atoms with Gasteiger partial charge in [-0.25, -0.2) is 0 Å². The standard InChI is InChI=1S/C14H27N9/c1-2-3-4-5-6-7-8-9-10-14(11-18-21-15,12-19-22-16)13-20-23-17/h2-13H2,1H3. The Morgan fingerprint density at radius 1 is 0.652 bits per heavy atom. The van der Waals surface area contributed by atoms with Crippen LogP contribution in [0, 0.1) is 5.41 Å². The average Bonchev–Trinajstić information content (AvgIpc) is 2.58. The summed E-state index contributed by atoms with van der Waals surface area (Å²) >= 11 is 0. The first-order chi connectivity index (χ1) is 11.2. The summed E-state index contributed by atoms with van der Waals surface area (Å²) in [7, 11) is 0. The molecule has 0 amide bonds. The van der Waals surface area contributed by atoms with Crippen molar-refractivity contribution >= 4 is 0 Å². The summed E-state index contributed by atoms with van der Waals surface area (Å²) in [5, 5.41) is 10.8. The van der Waals surface area contributed by atoms with Crippen molar-refractivity contribution in [2.24, 2.45) is 20.8 Å². The highest BCUT2D eigenvalue weighted by Crippen LogP contribution is 2.28. The molecule has 0 N–H and O–H groups in total. The normalized spacial score (nSPS) is 12.4. The highest BCUT2D eigenvalue weighted by molar-refractivity contribution is 4.87. The second kappa shape index (κ2) is 14.9. The van der Waals surface area contributed by atoms with Crippen LogP contribution in [0.15, 0.2) is 15.3 Å². The lowest BCUT2D eigenvalue weighted by atomic mass is 9.82. The molecule has 0 rings (SSSR count). The zero-order valence-corrected chi connectivity index (χ0v) is 14.0. The van der Waals surface area contributed by atoms with Crippen molar-refractivity contribution in [3.63, 3.8) is 0 Å². The Hall–Kier alpha value is -2.07. The molecular weight excluding hydrogens is 294 g/mol. The van der Waals surface area contributed by atoms with Gasteiger partial charge in [0, 0.05) is 34.4 Å². The van der Waals surface area contributed by atoms with Crippen molar-refractivity contribution < 1.29 is 0 Å². The van der Waals surface area contributed by atoms with Gasteiger partial charge in [-0.05, 0) is 28.4 Å². The van der Waals surface area contributed by atoms with Gasteiger partial charge in [-0.15, -0.1) is 0 Å². The largest absolute Gasteiger partial charge is 0.0934 e. The van der Waals surface area contributed by atoms with Gasteiger partial charge in [0.15, 0.2) is 0 Å². The van der Waals surface area contributed by atoms with Crippen molar-refractivity contribution in [2.75, 3.05) is 19.6 Å². The van der Waals surface area contributed by atoms with Crippen LogP contribution < -0.4 is 0 Å². The molecule has 0 heterocycles. The van der Waals surface area contributed by atoms with E-state index in [2.05, 4.69) is 37.0 Å². The van der Waals surface area contributed by atoms with Gasteiger partial charge in [-0.2, -0.15) is 0 Å². The van der Waals surface area contributed by atoms with E-state index in [1.54, 1.807) is 0 Å². The van der Waals surface area contributed by atoms with Crippen LogP contribution in [0.4, 0.5) is 0 Å². The summed E-state index contributed by atoms with van der Waals surface area (Å²) in [6.45, 7) is 2.74. The predicted octanol–water partition coefficient (Wildman–Crippen LogP) is 6.43. The number of hydrogen-bond donors (Lipinski definition) is 0. The molecular formula is C14H27N9. The Balaban J connectivity index is 4.39. The Morgan fingerprint density at radius 3 is 1.43 bits per heavy atom. The molecule has 0 radical (unpaired) electrons. The maximum absolute atomic E-state index is 8.54. The van der Waals surface area contributed by atoms with Gasteiger partial charge >= 0.3 is 0 Å². The van der Waals surface area contributed by atoms with Gasteiger partial charge < -0.3 is 0 Å². The second-order valence-corrected chi connectivity index (χ2v) is 5.89. The average molecular weight is 321 g/mol. The minimum absolute atomic E-state index is 0.179. The van der Waals surface area contributed by atoms with Crippen molar-refractivity contribution in [3.8, 4) is 0 Å². The minimum atomic E-state index is -0.563. The second-order valence-electron chi connectivity index (χ2n) is 5.89. The summed E-state index contributed by atoms with van der Waals surface area (Å²) in [6, 6.07) is 0. The zero-order chi connectivity index (χ0) is 17.2. The van der Waals surface area contributed by atoms with Crippen molar-refractivity contribution in [1.29, 1.82) is 0 Å². The maximum Gasteiger partial charge on any atom is 0.0317 e. The van der Waals surface area contributed by atoms with E-state index in [1.165, 1.54) is 38.5 Å². The lowest BCUT2D eigenvalue weighted by Gasteiger charge is -2.29.